The first-order valence-corrected chi connectivity index (χ1v) is 9.88. The number of nitrogens with zero attached hydrogens (tertiary/aromatic N) is 2. The van der Waals surface area contributed by atoms with Crippen molar-refractivity contribution < 1.29 is 14.0 Å². The molecular formula is C20H21N3O3S. The lowest BCUT2D eigenvalue weighted by atomic mass is 10.0. The number of carbonyl (C=O) groups is 2. The predicted octanol–water partition coefficient (Wildman–Crippen LogP) is 3.68. The summed E-state index contributed by atoms with van der Waals surface area (Å²) in [6.45, 7) is 4.69. The van der Waals surface area contributed by atoms with Crippen LogP contribution in [-0.4, -0.2) is 34.3 Å². The summed E-state index contributed by atoms with van der Waals surface area (Å²) in [4.78, 5) is 31.2. The molecule has 0 spiro atoms. The largest absolute Gasteiger partial charge is 0.464 e. The van der Waals surface area contributed by atoms with E-state index in [9.17, 15) is 9.59 Å². The number of hydrogen-bond donors (Lipinski definition) is 1. The number of aromatic nitrogens is 1. The Bertz CT molecular complexity index is 993. The lowest BCUT2D eigenvalue weighted by Crippen LogP contribution is -2.43. The average molecular weight is 383 g/mol. The third kappa shape index (κ3) is 3.47. The van der Waals surface area contributed by atoms with Gasteiger partial charge in [0.05, 0.1) is 12.7 Å². The van der Waals surface area contributed by atoms with Gasteiger partial charge in [-0.05, 0) is 49.9 Å². The molecule has 0 bridgehead atoms. The molecule has 3 aromatic rings. The average Bonchev–Trinajstić information content (AvgIpc) is 3.37. The van der Waals surface area contributed by atoms with Crippen LogP contribution >= 0.6 is 11.3 Å². The second-order valence-corrected chi connectivity index (χ2v) is 7.84. The summed E-state index contributed by atoms with van der Waals surface area (Å²) in [5.74, 6) is -0.216. The molecule has 2 aromatic heterocycles. The van der Waals surface area contributed by atoms with Crippen molar-refractivity contribution in [3.05, 3.63) is 46.7 Å². The first-order chi connectivity index (χ1) is 13.0. The van der Waals surface area contributed by atoms with Crippen molar-refractivity contribution in [2.24, 2.45) is 0 Å². The summed E-state index contributed by atoms with van der Waals surface area (Å²) >= 11 is 1.37. The third-order valence-electron chi connectivity index (χ3n) is 5.15. The maximum Gasteiger partial charge on any atom is 0.248 e. The van der Waals surface area contributed by atoms with Crippen molar-refractivity contribution in [3.8, 4) is 0 Å². The highest BCUT2D eigenvalue weighted by molar-refractivity contribution is 7.13. The van der Waals surface area contributed by atoms with Crippen LogP contribution in [0, 0.1) is 13.8 Å². The minimum Gasteiger partial charge on any atom is -0.464 e. The fraction of sp³-hybridized carbons (Fsp3) is 0.350. The molecule has 2 amide bonds. The van der Waals surface area contributed by atoms with Gasteiger partial charge in [0.2, 0.25) is 11.8 Å². The topological polar surface area (TPSA) is 75.4 Å². The van der Waals surface area contributed by atoms with Gasteiger partial charge >= 0.3 is 0 Å². The molecule has 1 saturated heterocycles. The zero-order chi connectivity index (χ0) is 19.0. The first kappa shape index (κ1) is 17.7. The Morgan fingerprint density at radius 3 is 2.93 bits per heavy atom. The van der Waals surface area contributed by atoms with Crippen molar-refractivity contribution in [1.82, 2.24) is 9.88 Å². The monoisotopic (exact) mass is 383 g/mol. The van der Waals surface area contributed by atoms with Gasteiger partial charge in [-0.1, -0.05) is 0 Å². The van der Waals surface area contributed by atoms with Crippen LogP contribution in [0.4, 0.5) is 5.13 Å². The molecule has 1 N–H and O–H groups in total. The minimum atomic E-state index is -0.441. The molecule has 1 aromatic carbocycles. The molecule has 1 unspecified atom stereocenters. The number of fused-ring (bicyclic) bond motifs is 1. The van der Waals surface area contributed by atoms with Crippen molar-refractivity contribution in [2.45, 2.75) is 39.2 Å². The Hall–Kier alpha value is -2.67. The fourth-order valence-electron chi connectivity index (χ4n) is 3.55. The number of likely N-dealkylation sites (tertiary alicyclic amines) is 1. The van der Waals surface area contributed by atoms with Crippen LogP contribution in [0.3, 0.4) is 0 Å². The summed E-state index contributed by atoms with van der Waals surface area (Å²) in [5.41, 5.74) is 3.98. The van der Waals surface area contributed by atoms with Gasteiger partial charge in [-0.25, -0.2) is 4.98 Å². The molecule has 0 radical (unpaired) electrons. The predicted molar refractivity (Wildman–Crippen MR) is 105 cm³/mol. The van der Waals surface area contributed by atoms with Crippen LogP contribution in [0.25, 0.3) is 11.0 Å². The van der Waals surface area contributed by atoms with Gasteiger partial charge in [0.25, 0.3) is 0 Å². The molecule has 1 atom stereocenters. The van der Waals surface area contributed by atoms with Gasteiger partial charge < -0.3 is 14.6 Å². The van der Waals surface area contributed by atoms with Gasteiger partial charge in [0, 0.05) is 29.1 Å². The number of hydrogen-bond acceptors (Lipinski definition) is 5. The van der Waals surface area contributed by atoms with Crippen LogP contribution in [0.15, 0.2) is 34.4 Å². The Morgan fingerprint density at radius 2 is 2.15 bits per heavy atom. The van der Waals surface area contributed by atoms with E-state index >= 15 is 0 Å². The van der Waals surface area contributed by atoms with E-state index < -0.39 is 6.04 Å². The number of furan rings is 1. The quantitative estimate of drug-likeness (QED) is 0.746. The van der Waals surface area contributed by atoms with Gasteiger partial charge in [-0.2, -0.15) is 0 Å². The highest BCUT2D eigenvalue weighted by Crippen LogP contribution is 2.27. The van der Waals surface area contributed by atoms with Crippen molar-refractivity contribution in [1.29, 1.82) is 0 Å². The summed E-state index contributed by atoms with van der Waals surface area (Å²) in [7, 11) is 0. The van der Waals surface area contributed by atoms with Crippen LogP contribution in [0.2, 0.25) is 0 Å². The van der Waals surface area contributed by atoms with Crippen LogP contribution < -0.4 is 5.32 Å². The van der Waals surface area contributed by atoms with E-state index in [1.807, 2.05) is 19.9 Å². The SMILES string of the molecule is Cc1cc2occ(CC(=O)N3CCCC3C(=O)Nc3nccs3)c2cc1C. The van der Waals surface area contributed by atoms with Crippen molar-refractivity contribution in [3.63, 3.8) is 0 Å². The molecule has 1 aliphatic heterocycles. The van der Waals surface area contributed by atoms with Gasteiger partial charge in [-0.15, -0.1) is 11.3 Å². The summed E-state index contributed by atoms with van der Waals surface area (Å²) < 4.78 is 5.64. The van der Waals surface area contributed by atoms with Gasteiger partial charge in [-0.3, -0.25) is 9.59 Å². The Balaban J connectivity index is 1.50. The Kier molecular flexibility index (Phi) is 4.70. The zero-order valence-corrected chi connectivity index (χ0v) is 16.1. The van der Waals surface area contributed by atoms with Crippen LogP contribution in [0.1, 0.15) is 29.5 Å². The molecule has 1 aliphatic rings. The number of carbonyl (C=O) groups excluding carboxylic acids is 2. The first-order valence-electron chi connectivity index (χ1n) is 9.00. The molecule has 3 heterocycles. The standard InChI is InChI=1S/C20H21N3O3S/c1-12-8-15-14(11-26-17(15)9-13(12)2)10-18(24)23-6-3-4-16(23)19(25)22-20-21-5-7-27-20/h5,7-9,11,16H,3-4,6,10H2,1-2H3,(H,21,22,25). The number of nitrogens with one attached hydrogen (secondary N) is 1. The summed E-state index contributed by atoms with van der Waals surface area (Å²) in [5, 5.41) is 6.14. The second-order valence-electron chi connectivity index (χ2n) is 6.94. The van der Waals surface area contributed by atoms with E-state index in [2.05, 4.69) is 16.4 Å². The summed E-state index contributed by atoms with van der Waals surface area (Å²) in [6, 6.07) is 3.62. The summed E-state index contributed by atoms with van der Waals surface area (Å²) in [6.07, 6.45) is 5.03. The Morgan fingerprint density at radius 1 is 1.33 bits per heavy atom. The number of anilines is 1. The molecule has 0 aliphatic carbocycles. The van der Waals surface area contributed by atoms with Crippen LogP contribution in [-0.2, 0) is 16.0 Å². The molecule has 27 heavy (non-hydrogen) atoms. The van der Waals surface area contributed by atoms with Crippen molar-refractivity contribution in [2.75, 3.05) is 11.9 Å². The molecule has 0 saturated carbocycles. The fourth-order valence-corrected chi connectivity index (χ4v) is 4.08. The lowest BCUT2D eigenvalue weighted by Gasteiger charge is -2.23. The number of aryl methyl sites for hydroxylation is 2. The highest BCUT2D eigenvalue weighted by atomic mass is 32.1. The molecule has 6 nitrogen and oxygen atoms in total. The zero-order valence-electron chi connectivity index (χ0n) is 15.3. The van der Waals surface area contributed by atoms with Gasteiger partial charge in [0.15, 0.2) is 5.13 Å². The smallest absolute Gasteiger partial charge is 0.248 e. The van der Waals surface area contributed by atoms with E-state index in [1.165, 1.54) is 16.9 Å². The maximum absolute atomic E-state index is 12.9. The molecule has 140 valence electrons. The molecule has 4 rings (SSSR count). The Labute approximate surface area is 161 Å². The van der Waals surface area contributed by atoms with E-state index in [1.54, 1.807) is 22.7 Å². The maximum atomic E-state index is 12.9. The highest BCUT2D eigenvalue weighted by Gasteiger charge is 2.34. The number of thiazole rings is 1. The van der Waals surface area contributed by atoms with E-state index in [0.717, 1.165) is 28.5 Å². The number of amides is 2. The second kappa shape index (κ2) is 7.15. The van der Waals surface area contributed by atoms with Crippen LogP contribution in [0.5, 0.6) is 0 Å². The number of benzene rings is 1. The van der Waals surface area contributed by atoms with E-state index in [0.29, 0.717) is 18.1 Å². The normalized spacial score (nSPS) is 16.8. The van der Waals surface area contributed by atoms with Crippen molar-refractivity contribution >= 4 is 39.3 Å². The lowest BCUT2D eigenvalue weighted by molar-refractivity contribution is -0.136. The minimum absolute atomic E-state index is 0.0484. The molecule has 7 heteroatoms. The van der Waals surface area contributed by atoms with E-state index in [4.69, 9.17) is 4.42 Å². The number of rotatable bonds is 4. The molecule has 1 fully saturated rings. The third-order valence-corrected chi connectivity index (χ3v) is 5.84. The van der Waals surface area contributed by atoms with E-state index in [-0.39, 0.29) is 18.2 Å². The molecular weight excluding hydrogens is 362 g/mol. The van der Waals surface area contributed by atoms with Gasteiger partial charge in [0.1, 0.15) is 11.6 Å².